The Bertz CT molecular complexity index is 469. The Hall–Kier alpha value is -1.10. The molecule has 4 nitrogen and oxygen atoms in total. The molecule has 2 aliphatic heterocycles. The molecule has 0 aliphatic carbocycles. The van der Waals surface area contributed by atoms with Crippen molar-refractivity contribution in [3.63, 3.8) is 0 Å². The summed E-state index contributed by atoms with van der Waals surface area (Å²) in [5, 5.41) is 0. The minimum atomic E-state index is 0.339. The molecule has 0 bridgehead atoms. The van der Waals surface area contributed by atoms with Crippen molar-refractivity contribution < 1.29 is 4.74 Å². The van der Waals surface area contributed by atoms with Crippen LogP contribution in [-0.2, 0) is 6.54 Å². The number of benzene rings is 1. The highest BCUT2D eigenvalue weighted by molar-refractivity contribution is 5.45. The molecular formula is C16H25N3O. The van der Waals surface area contributed by atoms with Gasteiger partial charge in [0.25, 0.3) is 0 Å². The highest BCUT2D eigenvalue weighted by Gasteiger charge is 2.29. The predicted molar refractivity (Wildman–Crippen MR) is 80.9 cm³/mol. The van der Waals surface area contributed by atoms with Crippen molar-refractivity contribution in [2.45, 2.75) is 31.5 Å². The van der Waals surface area contributed by atoms with Gasteiger partial charge in [0, 0.05) is 37.8 Å². The van der Waals surface area contributed by atoms with Gasteiger partial charge in [-0.1, -0.05) is 12.1 Å². The Morgan fingerprint density at radius 1 is 1.25 bits per heavy atom. The van der Waals surface area contributed by atoms with Crippen LogP contribution in [0.15, 0.2) is 18.2 Å². The fourth-order valence-corrected chi connectivity index (χ4v) is 3.36. The van der Waals surface area contributed by atoms with Crippen LogP contribution >= 0.6 is 0 Å². The number of hydrogen-bond donors (Lipinski definition) is 1. The van der Waals surface area contributed by atoms with Crippen LogP contribution < -0.4 is 10.5 Å². The topological polar surface area (TPSA) is 41.7 Å². The number of nitrogens with two attached hydrogens (primary N) is 1. The van der Waals surface area contributed by atoms with Gasteiger partial charge in [-0.2, -0.15) is 0 Å². The molecule has 0 amide bonds. The SMILES string of the molecule is CN1CCC(Oc2cccc3c2CN(C)C3CN)CC1. The number of piperidine rings is 1. The summed E-state index contributed by atoms with van der Waals surface area (Å²) in [6.07, 6.45) is 2.60. The van der Waals surface area contributed by atoms with E-state index >= 15 is 0 Å². The van der Waals surface area contributed by atoms with Crippen molar-refractivity contribution in [1.29, 1.82) is 0 Å². The number of ether oxygens (including phenoxy) is 1. The zero-order valence-corrected chi connectivity index (χ0v) is 12.5. The Morgan fingerprint density at radius 2 is 2.00 bits per heavy atom. The lowest BCUT2D eigenvalue weighted by molar-refractivity contribution is 0.113. The summed E-state index contributed by atoms with van der Waals surface area (Å²) in [5.41, 5.74) is 8.59. The monoisotopic (exact) mass is 275 g/mol. The molecule has 0 spiro atoms. The molecule has 1 fully saturated rings. The summed E-state index contributed by atoms with van der Waals surface area (Å²) >= 11 is 0. The molecule has 110 valence electrons. The van der Waals surface area contributed by atoms with Crippen LogP contribution in [0.1, 0.15) is 30.0 Å². The lowest BCUT2D eigenvalue weighted by Crippen LogP contribution is -2.35. The fourth-order valence-electron chi connectivity index (χ4n) is 3.36. The second-order valence-corrected chi connectivity index (χ2v) is 6.11. The van der Waals surface area contributed by atoms with Crippen molar-refractivity contribution in [3.05, 3.63) is 29.3 Å². The van der Waals surface area contributed by atoms with E-state index in [-0.39, 0.29) is 0 Å². The van der Waals surface area contributed by atoms with E-state index in [0.29, 0.717) is 18.7 Å². The highest BCUT2D eigenvalue weighted by atomic mass is 16.5. The number of fused-ring (bicyclic) bond motifs is 1. The molecule has 0 radical (unpaired) electrons. The van der Waals surface area contributed by atoms with E-state index in [1.165, 1.54) is 11.1 Å². The molecule has 1 aromatic carbocycles. The molecule has 4 heteroatoms. The Kier molecular flexibility index (Phi) is 3.96. The average Bonchev–Trinajstić information content (AvgIpc) is 2.78. The summed E-state index contributed by atoms with van der Waals surface area (Å²) in [4.78, 5) is 4.68. The number of likely N-dealkylation sites (tertiary alicyclic amines) is 1. The third-order valence-corrected chi connectivity index (χ3v) is 4.65. The van der Waals surface area contributed by atoms with E-state index in [1.54, 1.807) is 0 Å². The van der Waals surface area contributed by atoms with Crippen molar-refractivity contribution in [2.24, 2.45) is 5.73 Å². The molecule has 2 N–H and O–H groups in total. The molecule has 1 aromatic rings. The summed E-state index contributed by atoms with van der Waals surface area (Å²) in [5.74, 6) is 1.07. The van der Waals surface area contributed by atoms with Crippen LogP contribution in [0.5, 0.6) is 5.75 Å². The molecule has 2 heterocycles. The minimum Gasteiger partial charge on any atom is -0.490 e. The Balaban J connectivity index is 1.77. The van der Waals surface area contributed by atoms with Crippen LogP contribution in [0.4, 0.5) is 0 Å². The van der Waals surface area contributed by atoms with Crippen LogP contribution in [0.2, 0.25) is 0 Å². The van der Waals surface area contributed by atoms with Gasteiger partial charge in [-0.05, 0) is 38.6 Å². The molecule has 20 heavy (non-hydrogen) atoms. The van der Waals surface area contributed by atoms with Gasteiger partial charge in [0.15, 0.2) is 0 Å². The van der Waals surface area contributed by atoms with Gasteiger partial charge in [0.05, 0.1) is 0 Å². The van der Waals surface area contributed by atoms with E-state index in [2.05, 4.69) is 42.1 Å². The molecule has 1 saturated heterocycles. The summed E-state index contributed by atoms with van der Waals surface area (Å²) in [7, 11) is 4.31. The highest BCUT2D eigenvalue weighted by Crippen LogP contribution is 2.37. The average molecular weight is 275 g/mol. The summed E-state index contributed by atoms with van der Waals surface area (Å²) in [6.45, 7) is 3.87. The first-order valence-corrected chi connectivity index (χ1v) is 7.56. The Morgan fingerprint density at radius 3 is 2.70 bits per heavy atom. The first-order valence-electron chi connectivity index (χ1n) is 7.56. The maximum Gasteiger partial charge on any atom is 0.124 e. The fraction of sp³-hybridized carbons (Fsp3) is 0.625. The Labute approximate surface area is 121 Å². The maximum atomic E-state index is 6.29. The molecule has 1 unspecified atom stereocenters. The minimum absolute atomic E-state index is 0.339. The summed E-state index contributed by atoms with van der Waals surface area (Å²) < 4.78 is 6.29. The van der Waals surface area contributed by atoms with E-state index in [9.17, 15) is 0 Å². The predicted octanol–water partition coefficient (Wildman–Crippen LogP) is 1.60. The molecule has 0 aromatic heterocycles. The van der Waals surface area contributed by atoms with Crippen LogP contribution in [0.25, 0.3) is 0 Å². The first kappa shape index (κ1) is 13.9. The van der Waals surface area contributed by atoms with Gasteiger partial charge >= 0.3 is 0 Å². The normalized spacial score (nSPS) is 24.9. The van der Waals surface area contributed by atoms with Gasteiger partial charge in [0.2, 0.25) is 0 Å². The standard InChI is InChI=1S/C16H25N3O/c1-18-8-6-12(7-9-18)20-16-5-3-4-13-14(16)11-19(2)15(13)10-17/h3-5,12,15H,6-11,17H2,1-2H3. The number of hydrogen-bond acceptors (Lipinski definition) is 4. The van der Waals surface area contributed by atoms with E-state index in [4.69, 9.17) is 10.5 Å². The van der Waals surface area contributed by atoms with Crippen LogP contribution in [0.3, 0.4) is 0 Å². The maximum absolute atomic E-state index is 6.29. The quantitative estimate of drug-likeness (QED) is 0.910. The van der Waals surface area contributed by atoms with Crippen LogP contribution in [-0.4, -0.2) is 49.6 Å². The molecule has 2 aliphatic rings. The van der Waals surface area contributed by atoms with Crippen molar-refractivity contribution in [3.8, 4) is 5.75 Å². The number of nitrogens with zero attached hydrogens (tertiary/aromatic N) is 2. The summed E-state index contributed by atoms with van der Waals surface area (Å²) in [6, 6.07) is 6.75. The van der Waals surface area contributed by atoms with E-state index < -0.39 is 0 Å². The lowest BCUT2D eigenvalue weighted by Gasteiger charge is -2.29. The lowest BCUT2D eigenvalue weighted by atomic mass is 10.0. The second-order valence-electron chi connectivity index (χ2n) is 6.11. The second kappa shape index (κ2) is 5.72. The zero-order valence-electron chi connectivity index (χ0n) is 12.5. The van der Waals surface area contributed by atoms with Crippen molar-refractivity contribution >= 4 is 0 Å². The van der Waals surface area contributed by atoms with Gasteiger partial charge in [0.1, 0.15) is 11.9 Å². The molecule has 3 rings (SSSR count). The van der Waals surface area contributed by atoms with Gasteiger partial charge in [-0.25, -0.2) is 0 Å². The first-order chi connectivity index (χ1) is 9.69. The third-order valence-electron chi connectivity index (χ3n) is 4.65. The van der Waals surface area contributed by atoms with E-state index in [1.807, 2.05) is 0 Å². The molecule has 0 saturated carbocycles. The smallest absolute Gasteiger partial charge is 0.124 e. The molecular weight excluding hydrogens is 250 g/mol. The van der Waals surface area contributed by atoms with Gasteiger partial charge in [-0.15, -0.1) is 0 Å². The van der Waals surface area contributed by atoms with Gasteiger partial charge < -0.3 is 15.4 Å². The number of likely N-dealkylation sites (N-methyl/N-ethyl adjacent to an activating group) is 1. The number of rotatable bonds is 3. The van der Waals surface area contributed by atoms with Crippen molar-refractivity contribution in [2.75, 3.05) is 33.7 Å². The zero-order chi connectivity index (χ0) is 14.1. The van der Waals surface area contributed by atoms with Crippen molar-refractivity contribution in [1.82, 2.24) is 9.80 Å². The third kappa shape index (κ3) is 2.55. The molecule has 1 atom stereocenters. The van der Waals surface area contributed by atoms with Gasteiger partial charge in [-0.3, -0.25) is 4.90 Å². The van der Waals surface area contributed by atoms with E-state index in [0.717, 1.165) is 38.2 Å². The van der Waals surface area contributed by atoms with Crippen LogP contribution in [0, 0.1) is 0 Å². The largest absolute Gasteiger partial charge is 0.490 e.